The third kappa shape index (κ3) is 3.29. The molecule has 0 aromatic rings. The first-order valence-electron chi connectivity index (χ1n) is 13.9. The molecule has 0 amide bonds. The minimum Gasteiger partial charge on any atom is -0.393 e. The van der Waals surface area contributed by atoms with E-state index in [2.05, 4.69) is 20.8 Å². The number of aliphatic hydroxyl groups is 2. The summed E-state index contributed by atoms with van der Waals surface area (Å²) in [5.74, 6) is 0.778. The molecule has 0 aromatic carbocycles. The maximum atomic E-state index is 13.0. The van der Waals surface area contributed by atoms with Crippen LogP contribution in [0.1, 0.15) is 93.4 Å². The van der Waals surface area contributed by atoms with Gasteiger partial charge in [0.15, 0.2) is 0 Å². The van der Waals surface area contributed by atoms with E-state index in [4.69, 9.17) is 4.74 Å². The first-order chi connectivity index (χ1) is 16.2. The van der Waals surface area contributed by atoms with Crippen molar-refractivity contribution in [2.45, 2.75) is 117 Å². The maximum absolute atomic E-state index is 13.0. The van der Waals surface area contributed by atoms with Crippen molar-refractivity contribution in [3.05, 3.63) is 11.6 Å². The van der Waals surface area contributed by atoms with Crippen LogP contribution in [0.2, 0.25) is 0 Å². The Balaban J connectivity index is 1.49. The number of Topliss-reactive ketones (excluding diaryl/α,β-unsaturated/α-hetero) is 1. The van der Waals surface area contributed by atoms with Crippen LogP contribution in [0.3, 0.4) is 0 Å². The molecule has 5 fully saturated rings. The van der Waals surface area contributed by atoms with Crippen LogP contribution in [0.25, 0.3) is 0 Å². The summed E-state index contributed by atoms with van der Waals surface area (Å²) in [7, 11) is 0. The SMILES string of the molecule is C/C(=C\[C@H](O)[C@H]1OC1(C)C)[C@H]1CC[C@]2(C)[C@H]1C[C@@H](O)[C@H]1[C@@]3(C=O)CCC(=O)C(C)(C)[C@@H]3CC[C@]12C. The van der Waals surface area contributed by atoms with Crippen LogP contribution in [0, 0.1) is 45.3 Å². The Labute approximate surface area is 211 Å². The molecule has 5 nitrogen and oxygen atoms in total. The average molecular weight is 487 g/mol. The number of epoxide rings is 1. The summed E-state index contributed by atoms with van der Waals surface area (Å²) >= 11 is 0. The van der Waals surface area contributed by atoms with E-state index < -0.39 is 23.0 Å². The van der Waals surface area contributed by atoms with Gasteiger partial charge < -0.3 is 19.7 Å². The highest BCUT2D eigenvalue weighted by molar-refractivity contribution is 5.87. The molecule has 196 valence electrons. The molecule has 1 aliphatic heterocycles. The molecule has 1 saturated heterocycles. The molecule has 2 N–H and O–H groups in total. The Hall–Kier alpha value is -1.04. The van der Waals surface area contributed by atoms with Crippen molar-refractivity contribution in [1.29, 1.82) is 0 Å². The van der Waals surface area contributed by atoms with E-state index in [9.17, 15) is 19.8 Å². The van der Waals surface area contributed by atoms with Crippen molar-refractivity contribution >= 4 is 12.1 Å². The van der Waals surface area contributed by atoms with Gasteiger partial charge in [0.2, 0.25) is 0 Å². The second-order valence-electron chi connectivity index (χ2n) is 14.4. The van der Waals surface area contributed by atoms with Gasteiger partial charge in [0.1, 0.15) is 24.3 Å². The predicted molar refractivity (Wildman–Crippen MR) is 135 cm³/mol. The van der Waals surface area contributed by atoms with Crippen LogP contribution in [0.5, 0.6) is 0 Å². The summed E-state index contributed by atoms with van der Waals surface area (Å²) in [5, 5.41) is 22.6. The van der Waals surface area contributed by atoms with Gasteiger partial charge in [0.05, 0.1) is 11.7 Å². The van der Waals surface area contributed by atoms with Crippen molar-refractivity contribution in [1.82, 2.24) is 0 Å². The summed E-state index contributed by atoms with van der Waals surface area (Å²) in [4.78, 5) is 25.9. The molecule has 5 aliphatic rings. The molecule has 1 heterocycles. The molecule has 0 bridgehead atoms. The van der Waals surface area contributed by atoms with Crippen LogP contribution in [-0.4, -0.2) is 46.2 Å². The lowest BCUT2D eigenvalue weighted by molar-refractivity contribution is -0.231. The fourth-order valence-corrected chi connectivity index (χ4v) is 10.1. The molecule has 0 radical (unpaired) electrons. The Bertz CT molecular complexity index is 950. The zero-order valence-electron chi connectivity index (χ0n) is 22.8. The van der Waals surface area contributed by atoms with Crippen molar-refractivity contribution < 1.29 is 24.5 Å². The van der Waals surface area contributed by atoms with E-state index in [0.29, 0.717) is 31.1 Å². The van der Waals surface area contributed by atoms with Gasteiger partial charge in [-0.25, -0.2) is 0 Å². The van der Waals surface area contributed by atoms with Gasteiger partial charge in [-0.3, -0.25) is 4.79 Å². The zero-order chi connectivity index (χ0) is 25.8. The molecular weight excluding hydrogens is 440 g/mol. The Morgan fingerprint density at radius 3 is 2.29 bits per heavy atom. The summed E-state index contributed by atoms with van der Waals surface area (Å²) in [6.07, 6.45) is 7.46. The van der Waals surface area contributed by atoms with Crippen molar-refractivity contribution in [2.24, 2.45) is 45.3 Å². The topological polar surface area (TPSA) is 87.1 Å². The van der Waals surface area contributed by atoms with E-state index in [-0.39, 0.29) is 40.2 Å². The third-order valence-corrected chi connectivity index (χ3v) is 12.3. The largest absolute Gasteiger partial charge is 0.393 e. The lowest BCUT2D eigenvalue weighted by Crippen LogP contribution is -2.68. The van der Waals surface area contributed by atoms with Gasteiger partial charge in [-0.05, 0) is 87.9 Å². The van der Waals surface area contributed by atoms with Gasteiger partial charge in [0, 0.05) is 23.2 Å². The molecule has 0 unspecified atom stereocenters. The van der Waals surface area contributed by atoms with Gasteiger partial charge in [-0.15, -0.1) is 0 Å². The lowest BCUT2D eigenvalue weighted by atomic mass is 9.35. The van der Waals surface area contributed by atoms with E-state index in [0.717, 1.165) is 32.0 Å². The highest BCUT2D eigenvalue weighted by Crippen LogP contribution is 2.75. The number of ketones is 1. The lowest BCUT2D eigenvalue weighted by Gasteiger charge is -2.69. The Kier molecular flexibility index (Phi) is 5.66. The highest BCUT2D eigenvalue weighted by Gasteiger charge is 2.72. The van der Waals surface area contributed by atoms with E-state index in [1.807, 2.05) is 33.8 Å². The van der Waals surface area contributed by atoms with Gasteiger partial charge in [0.25, 0.3) is 0 Å². The quantitative estimate of drug-likeness (QED) is 0.336. The fourth-order valence-electron chi connectivity index (χ4n) is 10.1. The molecule has 35 heavy (non-hydrogen) atoms. The van der Waals surface area contributed by atoms with Crippen LogP contribution >= 0.6 is 0 Å². The Morgan fingerprint density at radius 2 is 1.69 bits per heavy atom. The average Bonchev–Trinajstić information content (AvgIpc) is 3.28. The molecule has 0 spiro atoms. The second-order valence-corrected chi connectivity index (χ2v) is 14.4. The molecule has 5 rings (SSSR count). The van der Waals surface area contributed by atoms with Gasteiger partial charge in [-0.2, -0.15) is 0 Å². The minimum absolute atomic E-state index is 0.00231. The number of allylic oxidation sites excluding steroid dienone is 1. The first kappa shape index (κ1) is 25.6. The smallest absolute Gasteiger partial charge is 0.138 e. The summed E-state index contributed by atoms with van der Waals surface area (Å²) in [6, 6.07) is 0. The molecule has 5 heteroatoms. The predicted octanol–water partition coefficient (Wildman–Crippen LogP) is 4.88. The number of carbonyl (C=O) groups excluding carboxylic acids is 2. The van der Waals surface area contributed by atoms with E-state index in [1.165, 1.54) is 5.57 Å². The van der Waals surface area contributed by atoms with Crippen molar-refractivity contribution in [3.8, 4) is 0 Å². The molecule has 4 saturated carbocycles. The normalized spacial score (nSPS) is 51.1. The monoisotopic (exact) mass is 486 g/mol. The van der Waals surface area contributed by atoms with Crippen LogP contribution in [-0.2, 0) is 14.3 Å². The first-order valence-corrected chi connectivity index (χ1v) is 13.9. The number of fused-ring (bicyclic) bond motifs is 5. The van der Waals surface area contributed by atoms with Gasteiger partial charge in [-0.1, -0.05) is 39.3 Å². The zero-order valence-corrected chi connectivity index (χ0v) is 22.8. The number of carbonyl (C=O) groups is 2. The van der Waals surface area contributed by atoms with Crippen molar-refractivity contribution in [2.75, 3.05) is 0 Å². The van der Waals surface area contributed by atoms with Gasteiger partial charge >= 0.3 is 0 Å². The van der Waals surface area contributed by atoms with E-state index in [1.54, 1.807) is 0 Å². The molecule has 0 aromatic heterocycles. The third-order valence-electron chi connectivity index (χ3n) is 12.3. The number of hydrogen-bond donors (Lipinski definition) is 2. The maximum Gasteiger partial charge on any atom is 0.138 e. The molecule has 4 aliphatic carbocycles. The van der Waals surface area contributed by atoms with Crippen LogP contribution < -0.4 is 0 Å². The highest BCUT2D eigenvalue weighted by atomic mass is 16.6. The number of aldehydes is 1. The number of ether oxygens (including phenoxy) is 1. The van der Waals surface area contributed by atoms with Crippen LogP contribution in [0.15, 0.2) is 11.6 Å². The summed E-state index contributed by atoms with van der Waals surface area (Å²) in [6.45, 7) is 14.9. The molecule has 10 atom stereocenters. The van der Waals surface area contributed by atoms with Crippen molar-refractivity contribution in [3.63, 3.8) is 0 Å². The Morgan fingerprint density at radius 1 is 1.06 bits per heavy atom. The second kappa shape index (κ2) is 7.74. The summed E-state index contributed by atoms with van der Waals surface area (Å²) < 4.78 is 5.67. The minimum atomic E-state index is -0.633. The fraction of sp³-hybridized carbons (Fsp3) is 0.867. The van der Waals surface area contributed by atoms with E-state index >= 15 is 0 Å². The number of aliphatic hydroxyl groups excluding tert-OH is 2. The number of rotatable bonds is 4. The van der Waals surface area contributed by atoms with Crippen LogP contribution in [0.4, 0.5) is 0 Å². The number of hydrogen-bond acceptors (Lipinski definition) is 5. The standard InChI is InChI=1S/C30H46O5/c1-17(14-21(33)25-27(4,5)35-25)18-8-11-28(6)19(18)15-20(32)24-29(28,7)12-9-22-26(2,3)23(34)10-13-30(22,24)16-31/h14,16,18-22,24-25,32-33H,8-13,15H2,1-7H3/b17-14+/t18-,19+,20-,21+,22+,24-,25-,28-,29-,30-/m1/s1. The molecular formula is C30H46O5. The summed E-state index contributed by atoms with van der Waals surface area (Å²) in [5.41, 5.74) is -0.382.